The van der Waals surface area contributed by atoms with Crippen molar-refractivity contribution in [2.24, 2.45) is 0 Å². The van der Waals surface area contributed by atoms with Gasteiger partial charge in [-0.05, 0) is 41.8 Å². The normalized spacial score (nSPS) is 10.3. The van der Waals surface area contributed by atoms with Crippen LogP contribution in [0.1, 0.15) is 42.2 Å². The molecular formula is C22H16N2O7. The molecule has 3 aromatic rings. The molecule has 0 unspecified atom stereocenters. The highest BCUT2D eigenvalue weighted by atomic mass is 16.6. The highest BCUT2D eigenvalue weighted by molar-refractivity contribution is 6.05. The third kappa shape index (κ3) is 4.91. The third-order valence-corrected chi connectivity index (χ3v) is 4.52. The van der Waals surface area contributed by atoms with Crippen LogP contribution < -0.4 is 5.32 Å². The fraction of sp³-hybridized carbons (Fsp3) is 0.0455. The van der Waals surface area contributed by atoms with Crippen molar-refractivity contribution >= 4 is 29.2 Å². The molecule has 3 N–H and O–H groups in total. The molecule has 0 radical (unpaired) electrons. The van der Waals surface area contributed by atoms with Gasteiger partial charge in [-0.3, -0.25) is 14.9 Å². The number of nitrogens with one attached hydrogen (secondary N) is 1. The lowest BCUT2D eigenvalue weighted by Crippen LogP contribution is -2.14. The standard InChI is InChI=1S/C22H16N2O7/c25-20(15-5-3-6-16(12-15)24(30)31)23-19-7-2-1-4-14(19)10-13-8-9-17(21(26)27)18(11-13)22(28)29/h1-9,11-12H,10H2,(H,23,25)(H,26,27)(H,28,29). The van der Waals surface area contributed by atoms with Crippen molar-refractivity contribution in [3.8, 4) is 0 Å². The van der Waals surface area contributed by atoms with E-state index in [-0.39, 0.29) is 28.8 Å². The van der Waals surface area contributed by atoms with E-state index in [9.17, 15) is 29.6 Å². The molecule has 3 rings (SSSR count). The second-order valence-corrected chi connectivity index (χ2v) is 6.59. The fourth-order valence-electron chi connectivity index (χ4n) is 3.04. The Morgan fingerprint density at radius 3 is 2.26 bits per heavy atom. The van der Waals surface area contributed by atoms with Crippen molar-refractivity contribution in [1.29, 1.82) is 0 Å². The van der Waals surface area contributed by atoms with E-state index >= 15 is 0 Å². The first-order chi connectivity index (χ1) is 14.8. The number of nitro groups is 1. The molecule has 0 aliphatic rings. The van der Waals surface area contributed by atoms with Crippen molar-refractivity contribution in [3.63, 3.8) is 0 Å². The van der Waals surface area contributed by atoms with E-state index in [0.29, 0.717) is 16.8 Å². The summed E-state index contributed by atoms with van der Waals surface area (Å²) < 4.78 is 0. The highest BCUT2D eigenvalue weighted by Crippen LogP contribution is 2.23. The minimum absolute atomic E-state index is 0.114. The van der Waals surface area contributed by atoms with Crippen molar-refractivity contribution in [3.05, 3.63) is 105 Å². The average Bonchev–Trinajstić information content (AvgIpc) is 2.74. The van der Waals surface area contributed by atoms with Gasteiger partial charge in [0.15, 0.2) is 0 Å². The number of anilines is 1. The maximum Gasteiger partial charge on any atom is 0.336 e. The van der Waals surface area contributed by atoms with Gasteiger partial charge < -0.3 is 15.5 Å². The van der Waals surface area contributed by atoms with Crippen molar-refractivity contribution in [2.45, 2.75) is 6.42 Å². The van der Waals surface area contributed by atoms with E-state index in [2.05, 4.69) is 5.32 Å². The molecule has 0 aliphatic heterocycles. The van der Waals surface area contributed by atoms with Gasteiger partial charge in [-0.2, -0.15) is 0 Å². The molecule has 0 atom stereocenters. The number of carboxylic acids is 2. The van der Waals surface area contributed by atoms with E-state index in [4.69, 9.17) is 5.11 Å². The minimum Gasteiger partial charge on any atom is -0.478 e. The Labute approximate surface area is 175 Å². The molecule has 9 heteroatoms. The first-order valence-electron chi connectivity index (χ1n) is 8.99. The van der Waals surface area contributed by atoms with Crippen molar-refractivity contribution in [2.75, 3.05) is 5.32 Å². The van der Waals surface area contributed by atoms with Gasteiger partial charge in [-0.25, -0.2) is 9.59 Å². The summed E-state index contributed by atoms with van der Waals surface area (Å²) in [5, 5.41) is 32.1. The Kier molecular flexibility index (Phi) is 6.06. The average molecular weight is 420 g/mol. The van der Waals surface area contributed by atoms with Crippen LogP contribution in [-0.4, -0.2) is 33.0 Å². The number of rotatable bonds is 7. The smallest absolute Gasteiger partial charge is 0.336 e. The number of benzene rings is 3. The molecule has 0 aromatic heterocycles. The summed E-state index contributed by atoms with van der Waals surface area (Å²) in [4.78, 5) is 45.5. The zero-order valence-electron chi connectivity index (χ0n) is 15.9. The van der Waals surface area contributed by atoms with E-state index in [1.54, 1.807) is 24.3 Å². The predicted molar refractivity (Wildman–Crippen MR) is 111 cm³/mol. The molecule has 9 nitrogen and oxygen atoms in total. The number of carboxylic acid groups (broad SMARTS) is 2. The molecular weight excluding hydrogens is 404 g/mol. The number of aromatic carboxylic acids is 2. The van der Waals surface area contributed by atoms with E-state index < -0.39 is 22.8 Å². The van der Waals surface area contributed by atoms with Crippen molar-refractivity contribution < 1.29 is 29.5 Å². The summed E-state index contributed by atoms with van der Waals surface area (Å²) in [6, 6.07) is 16.2. The lowest BCUT2D eigenvalue weighted by atomic mass is 9.98. The van der Waals surface area contributed by atoms with Crippen LogP contribution in [0.5, 0.6) is 0 Å². The van der Waals surface area contributed by atoms with E-state index in [1.165, 1.54) is 42.5 Å². The molecule has 0 bridgehead atoms. The zero-order chi connectivity index (χ0) is 22.5. The molecule has 0 aliphatic carbocycles. The monoisotopic (exact) mass is 420 g/mol. The molecule has 0 heterocycles. The third-order valence-electron chi connectivity index (χ3n) is 4.52. The Bertz CT molecular complexity index is 1200. The maximum atomic E-state index is 12.6. The van der Waals surface area contributed by atoms with Gasteiger partial charge >= 0.3 is 11.9 Å². The van der Waals surface area contributed by atoms with Gasteiger partial charge in [-0.15, -0.1) is 0 Å². The molecule has 3 aromatic carbocycles. The van der Waals surface area contributed by atoms with Crippen LogP contribution in [0.15, 0.2) is 66.7 Å². The summed E-state index contributed by atoms with van der Waals surface area (Å²) in [6.45, 7) is 0. The van der Waals surface area contributed by atoms with Gasteiger partial charge in [-0.1, -0.05) is 30.3 Å². The summed E-state index contributed by atoms with van der Waals surface area (Å²) in [5.41, 5.74) is 0.897. The number of para-hydroxylation sites is 1. The highest BCUT2D eigenvalue weighted by Gasteiger charge is 2.17. The number of nitro benzene ring substituents is 1. The largest absolute Gasteiger partial charge is 0.478 e. The SMILES string of the molecule is O=C(Nc1ccccc1Cc1ccc(C(=O)O)c(C(=O)O)c1)c1cccc([N+](=O)[O-])c1. The second kappa shape index (κ2) is 8.87. The number of hydrogen-bond acceptors (Lipinski definition) is 5. The Hall–Kier alpha value is -4.53. The molecule has 31 heavy (non-hydrogen) atoms. The Morgan fingerprint density at radius 1 is 0.871 bits per heavy atom. The van der Waals surface area contributed by atoms with Crippen LogP contribution in [0.4, 0.5) is 11.4 Å². The van der Waals surface area contributed by atoms with Crippen molar-refractivity contribution in [1.82, 2.24) is 0 Å². The first-order valence-corrected chi connectivity index (χ1v) is 8.99. The van der Waals surface area contributed by atoms with Crippen LogP contribution in [0.25, 0.3) is 0 Å². The van der Waals surface area contributed by atoms with Crippen LogP contribution in [-0.2, 0) is 6.42 Å². The number of carbonyl (C=O) groups excluding carboxylic acids is 1. The first kappa shape index (κ1) is 21.2. The van der Waals surface area contributed by atoms with E-state index in [1.807, 2.05) is 0 Å². The molecule has 0 fully saturated rings. The van der Waals surface area contributed by atoms with Crippen LogP contribution in [0.3, 0.4) is 0 Å². The number of carbonyl (C=O) groups is 3. The Balaban J connectivity index is 1.88. The Morgan fingerprint density at radius 2 is 1.58 bits per heavy atom. The quantitative estimate of drug-likeness (QED) is 0.389. The predicted octanol–water partition coefficient (Wildman–Crippen LogP) is 3.83. The topological polar surface area (TPSA) is 147 Å². The van der Waals surface area contributed by atoms with Gasteiger partial charge in [0.2, 0.25) is 0 Å². The lowest BCUT2D eigenvalue weighted by Gasteiger charge is -2.12. The number of nitrogens with zero attached hydrogens (tertiary/aromatic N) is 1. The zero-order valence-corrected chi connectivity index (χ0v) is 15.9. The van der Waals surface area contributed by atoms with Gasteiger partial charge in [0.25, 0.3) is 11.6 Å². The molecule has 156 valence electrons. The van der Waals surface area contributed by atoms with Crippen LogP contribution in [0.2, 0.25) is 0 Å². The fourth-order valence-corrected chi connectivity index (χ4v) is 3.04. The molecule has 1 amide bonds. The molecule has 0 saturated carbocycles. The number of hydrogen-bond donors (Lipinski definition) is 3. The second-order valence-electron chi connectivity index (χ2n) is 6.59. The number of non-ortho nitro benzene ring substituents is 1. The van der Waals surface area contributed by atoms with Crippen LogP contribution in [0, 0.1) is 10.1 Å². The maximum absolute atomic E-state index is 12.6. The summed E-state index contributed by atoms with van der Waals surface area (Å²) in [6.07, 6.45) is 0.228. The molecule has 0 spiro atoms. The summed E-state index contributed by atoms with van der Waals surface area (Å²) in [7, 11) is 0. The number of amides is 1. The van der Waals surface area contributed by atoms with Gasteiger partial charge in [0.05, 0.1) is 16.1 Å². The summed E-state index contributed by atoms with van der Waals surface area (Å²) >= 11 is 0. The minimum atomic E-state index is -1.36. The molecule has 0 saturated heterocycles. The summed E-state index contributed by atoms with van der Waals surface area (Å²) in [5.74, 6) is -3.23. The lowest BCUT2D eigenvalue weighted by molar-refractivity contribution is -0.384. The van der Waals surface area contributed by atoms with E-state index in [0.717, 1.165) is 0 Å². The van der Waals surface area contributed by atoms with Gasteiger partial charge in [0, 0.05) is 23.4 Å². The van der Waals surface area contributed by atoms with Gasteiger partial charge in [0.1, 0.15) is 0 Å². The van der Waals surface area contributed by atoms with Crippen LogP contribution >= 0.6 is 0 Å².